The zero-order valence-electron chi connectivity index (χ0n) is 12.6. The van der Waals surface area contributed by atoms with Crippen molar-refractivity contribution in [3.63, 3.8) is 0 Å². The summed E-state index contributed by atoms with van der Waals surface area (Å²) in [5.41, 5.74) is 4.68. The van der Waals surface area contributed by atoms with Crippen molar-refractivity contribution < 1.29 is 0 Å². The lowest BCUT2D eigenvalue weighted by molar-refractivity contribution is 0.425. The van der Waals surface area contributed by atoms with Gasteiger partial charge in [-0.25, -0.2) is 0 Å². The fourth-order valence-electron chi connectivity index (χ4n) is 3.91. The van der Waals surface area contributed by atoms with Crippen molar-refractivity contribution in [3.05, 3.63) is 74.2 Å². The topological polar surface area (TPSA) is 12.0 Å². The molecule has 1 aliphatic carbocycles. The first kappa shape index (κ1) is 15.4. The maximum Gasteiger partial charge on any atom is 0.0645 e. The van der Waals surface area contributed by atoms with Crippen LogP contribution in [-0.4, -0.2) is 0 Å². The third-order valence-electron chi connectivity index (χ3n) is 4.95. The average molecular weight is 365 g/mol. The highest BCUT2D eigenvalue weighted by Gasteiger charge is 2.39. The largest absolute Gasteiger partial charge is 0.377 e. The molecule has 23 heavy (non-hydrogen) atoms. The normalized spacial score (nSPS) is 25.0. The molecule has 1 N–H and O–H groups in total. The molecule has 1 aliphatic heterocycles. The Morgan fingerprint density at radius 3 is 2.74 bits per heavy atom. The number of fused-ring (bicyclic) bond motifs is 3. The summed E-state index contributed by atoms with van der Waals surface area (Å²) in [6.45, 7) is 2.09. The molecule has 2 aromatic carbocycles. The lowest BCUT2D eigenvalue weighted by atomic mass is 9.76. The molecule has 2 aliphatic rings. The van der Waals surface area contributed by atoms with Crippen molar-refractivity contribution in [1.82, 2.24) is 0 Å². The Bertz CT molecular complexity index is 813. The van der Waals surface area contributed by atoms with E-state index < -0.39 is 0 Å². The number of halogens is 3. The number of rotatable bonds is 1. The van der Waals surface area contributed by atoms with Gasteiger partial charge in [-0.05, 0) is 54.2 Å². The first-order valence-electron chi connectivity index (χ1n) is 7.73. The van der Waals surface area contributed by atoms with Gasteiger partial charge in [0.2, 0.25) is 0 Å². The molecule has 0 spiro atoms. The van der Waals surface area contributed by atoms with Gasteiger partial charge >= 0.3 is 0 Å². The van der Waals surface area contributed by atoms with Crippen LogP contribution >= 0.6 is 34.8 Å². The summed E-state index contributed by atoms with van der Waals surface area (Å²) in [6, 6.07) is 10.1. The van der Waals surface area contributed by atoms with E-state index in [4.69, 9.17) is 34.8 Å². The maximum absolute atomic E-state index is 6.50. The molecule has 0 amide bonds. The van der Waals surface area contributed by atoms with E-state index in [1.807, 2.05) is 18.2 Å². The fourth-order valence-corrected chi connectivity index (χ4v) is 4.62. The van der Waals surface area contributed by atoms with Crippen molar-refractivity contribution in [2.75, 3.05) is 5.32 Å². The monoisotopic (exact) mass is 363 g/mol. The summed E-state index contributed by atoms with van der Waals surface area (Å²) in [6.07, 6.45) is 5.58. The Balaban J connectivity index is 1.86. The molecule has 0 aromatic heterocycles. The molecule has 4 rings (SSSR count). The molecular formula is C19H16Cl3N. The predicted octanol–water partition coefficient (Wildman–Crippen LogP) is 6.78. The van der Waals surface area contributed by atoms with Gasteiger partial charge in [0.15, 0.2) is 0 Å². The molecule has 0 fully saturated rings. The molecule has 0 bridgehead atoms. The van der Waals surface area contributed by atoms with Crippen LogP contribution in [0, 0.1) is 12.8 Å². The van der Waals surface area contributed by atoms with E-state index in [2.05, 4.69) is 36.5 Å². The first-order chi connectivity index (χ1) is 11.1. The molecule has 1 heterocycles. The van der Waals surface area contributed by atoms with Crippen LogP contribution in [0.15, 0.2) is 42.5 Å². The highest BCUT2D eigenvalue weighted by atomic mass is 35.5. The van der Waals surface area contributed by atoms with Crippen molar-refractivity contribution in [1.29, 1.82) is 0 Å². The Morgan fingerprint density at radius 2 is 1.91 bits per heavy atom. The SMILES string of the molecule is Cc1cc(Cl)cc2c1N[C@H](c1cccc(Cl)c1Cl)[C@H]1CC=C[C@@H]21. The molecule has 2 aromatic rings. The van der Waals surface area contributed by atoms with Crippen LogP contribution < -0.4 is 5.32 Å². The van der Waals surface area contributed by atoms with Crippen LogP contribution in [0.2, 0.25) is 15.1 Å². The summed E-state index contributed by atoms with van der Waals surface area (Å²) < 4.78 is 0. The Labute approximate surface area is 151 Å². The molecular weight excluding hydrogens is 349 g/mol. The Hall–Kier alpha value is -1.15. The second-order valence-electron chi connectivity index (χ2n) is 6.31. The van der Waals surface area contributed by atoms with Crippen LogP contribution in [-0.2, 0) is 0 Å². The van der Waals surface area contributed by atoms with Crippen LogP contribution in [0.5, 0.6) is 0 Å². The highest BCUT2D eigenvalue weighted by molar-refractivity contribution is 6.42. The van der Waals surface area contributed by atoms with E-state index in [9.17, 15) is 0 Å². The quantitative estimate of drug-likeness (QED) is 0.550. The number of nitrogens with one attached hydrogen (secondary N) is 1. The van der Waals surface area contributed by atoms with Gasteiger partial charge in [0.25, 0.3) is 0 Å². The molecule has 118 valence electrons. The maximum atomic E-state index is 6.50. The van der Waals surface area contributed by atoms with Gasteiger partial charge in [0.05, 0.1) is 16.1 Å². The van der Waals surface area contributed by atoms with E-state index >= 15 is 0 Å². The Kier molecular flexibility index (Phi) is 3.84. The number of hydrogen-bond acceptors (Lipinski definition) is 1. The average Bonchev–Trinajstić information content (AvgIpc) is 3.00. The van der Waals surface area contributed by atoms with Crippen LogP contribution in [0.4, 0.5) is 5.69 Å². The number of hydrogen-bond donors (Lipinski definition) is 1. The summed E-state index contributed by atoms with van der Waals surface area (Å²) in [5.74, 6) is 0.792. The third-order valence-corrected chi connectivity index (χ3v) is 6.00. The minimum Gasteiger partial charge on any atom is -0.377 e. The van der Waals surface area contributed by atoms with Crippen molar-refractivity contribution in [3.8, 4) is 0 Å². The number of allylic oxidation sites excluding steroid dienone is 2. The molecule has 0 unspecified atom stereocenters. The van der Waals surface area contributed by atoms with E-state index in [-0.39, 0.29) is 6.04 Å². The molecule has 1 nitrogen and oxygen atoms in total. The van der Waals surface area contributed by atoms with Gasteiger partial charge in [-0.15, -0.1) is 0 Å². The zero-order valence-corrected chi connectivity index (χ0v) is 14.9. The lowest BCUT2D eigenvalue weighted by Gasteiger charge is -2.38. The second-order valence-corrected chi connectivity index (χ2v) is 7.53. The second kappa shape index (κ2) is 5.73. The molecule has 0 radical (unpaired) electrons. The third kappa shape index (κ3) is 2.46. The highest BCUT2D eigenvalue weighted by Crippen LogP contribution is 2.52. The molecule has 4 heteroatoms. The first-order valence-corrected chi connectivity index (χ1v) is 8.87. The van der Waals surface area contributed by atoms with E-state index in [1.54, 1.807) is 0 Å². The predicted molar refractivity (Wildman–Crippen MR) is 99.0 cm³/mol. The molecule has 0 saturated heterocycles. The van der Waals surface area contributed by atoms with Crippen LogP contribution in [0.25, 0.3) is 0 Å². The molecule has 3 atom stereocenters. The summed E-state index contributed by atoms with van der Waals surface area (Å²) >= 11 is 19.0. The van der Waals surface area contributed by atoms with Gasteiger partial charge in [-0.2, -0.15) is 0 Å². The van der Waals surface area contributed by atoms with E-state index in [0.717, 1.165) is 22.6 Å². The lowest BCUT2D eigenvalue weighted by Crippen LogP contribution is -2.29. The zero-order chi connectivity index (χ0) is 16.1. The molecule has 0 saturated carbocycles. The minimum atomic E-state index is 0.147. The smallest absolute Gasteiger partial charge is 0.0645 e. The standard InChI is InChI=1S/C19H16Cl3N/c1-10-8-11(20)9-15-12-4-2-5-13(12)19(23-18(10)15)14-6-3-7-16(21)17(14)22/h2-4,6-9,12-13,19,23H,5H2,1H3/t12-,13+,19+/m1/s1. The number of benzene rings is 2. The van der Waals surface area contributed by atoms with Gasteiger partial charge in [-0.1, -0.05) is 59.1 Å². The van der Waals surface area contributed by atoms with E-state index in [0.29, 0.717) is 21.9 Å². The van der Waals surface area contributed by atoms with Crippen LogP contribution in [0.1, 0.15) is 35.1 Å². The number of aryl methyl sites for hydroxylation is 1. The van der Waals surface area contributed by atoms with Crippen molar-refractivity contribution >= 4 is 40.5 Å². The van der Waals surface area contributed by atoms with Gasteiger partial charge < -0.3 is 5.32 Å². The minimum absolute atomic E-state index is 0.147. The van der Waals surface area contributed by atoms with Gasteiger partial charge in [0, 0.05) is 16.6 Å². The summed E-state index contributed by atoms with van der Waals surface area (Å²) in [7, 11) is 0. The van der Waals surface area contributed by atoms with Gasteiger partial charge in [-0.3, -0.25) is 0 Å². The van der Waals surface area contributed by atoms with Crippen molar-refractivity contribution in [2.24, 2.45) is 5.92 Å². The summed E-state index contributed by atoms with van der Waals surface area (Å²) in [5, 5.41) is 5.75. The van der Waals surface area contributed by atoms with E-state index in [1.165, 1.54) is 11.3 Å². The van der Waals surface area contributed by atoms with Crippen molar-refractivity contribution in [2.45, 2.75) is 25.3 Å². The fraction of sp³-hybridized carbons (Fsp3) is 0.263. The van der Waals surface area contributed by atoms with Gasteiger partial charge in [0.1, 0.15) is 0 Å². The number of anilines is 1. The Morgan fingerprint density at radius 1 is 1.09 bits per heavy atom. The summed E-state index contributed by atoms with van der Waals surface area (Å²) in [4.78, 5) is 0. The van der Waals surface area contributed by atoms with Crippen LogP contribution in [0.3, 0.4) is 0 Å².